The molecule has 0 aromatic carbocycles. The highest BCUT2D eigenvalue weighted by Crippen LogP contribution is 2.40. The third-order valence-corrected chi connectivity index (χ3v) is 5.74. The molecular weight excluding hydrogens is 309 g/mol. The van der Waals surface area contributed by atoms with E-state index in [4.69, 9.17) is 4.74 Å². The second-order valence-corrected chi connectivity index (χ2v) is 7.34. The number of carbonyl (C=O) groups excluding carboxylic acids is 1. The highest BCUT2D eigenvalue weighted by atomic mass is 19.4. The van der Waals surface area contributed by atoms with E-state index in [9.17, 15) is 18.0 Å². The minimum Gasteiger partial charge on any atom is -0.381 e. The number of nitrogens with one attached hydrogen (secondary N) is 1. The summed E-state index contributed by atoms with van der Waals surface area (Å²) in [5.41, 5.74) is 0.163. The van der Waals surface area contributed by atoms with Crippen LogP contribution in [0.4, 0.5) is 18.0 Å². The summed E-state index contributed by atoms with van der Waals surface area (Å²) in [5.74, 6) is -1.28. The van der Waals surface area contributed by atoms with E-state index < -0.39 is 12.1 Å². The SMILES string of the molecule is O=C(N[C@@H]1CCC[C@H](C(F)(F)F)C1)N1CCC2(CCOCC2)C1. The van der Waals surface area contributed by atoms with E-state index in [1.165, 1.54) is 0 Å². The average Bonchev–Trinajstić information content (AvgIpc) is 2.91. The number of hydrogen-bond donors (Lipinski definition) is 1. The van der Waals surface area contributed by atoms with Crippen molar-refractivity contribution in [2.24, 2.45) is 11.3 Å². The van der Waals surface area contributed by atoms with Gasteiger partial charge in [-0.1, -0.05) is 6.42 Å². The number of rotatable bonds is 1. The molecule has 132 valence electrons. The fourth-order valence-corrected chi connectivity index (χ4v) is 4.21. The largest absolute Gasteiger partial charge is 0.391 e. The van der Waals surface area contributed by atoms with Crippen molar-refractivity contribution >= 4 is 6.03 Å². The van der Waals surface area contributed by atoms with Gasteiger partial charge in [0.2, 0.25) is 0 Å². The van der Waals surface area contributed by atoms with Crippen molar-refractivity contribution in [3.63, 3.8) is 0 Å². The predicted octanol–water partition coefficient (Wildman–Crippen LogP) is 3.32. The van der Waals surface area contributed by atoms with Crippen molar-refractivity contribution < 1.29 is 22.7 Å². The predicted molar refractivity (Wildman–Crippen MR) is 79.0 cm³/mol. The molecule has 3 fully saturated rings. The zero-order valence-electron chi connectivity index (χ0n) is 13.3. The zero-order valence-corrected chi connectivity index (χ0v) is 13.3. The van der Waals surface area contributed by atoms with Crippen LogP contribution in [0, 0.1) is 11.3 Å². The molecule has 3 aliphatic rings. The van der Waals surface area contributed by atoms with Crippen LogP contribution >= 0.6 is 0 Å². The Kier molecular flexibility index (Phi) is 4.76. The van der Waals surface area contributed by atoms with Gasteiger partial charge in [0.05, 0.1) is 5.92 Å². The summed E-state index contributed by atoms with van der Waals surface area (Å²) in [6.07, 6.45) is 0.127. The normalized spacial score (nSPS) is 31.3. The van der Waals surface area contributed by atoms with Crippen molar-refractivity contribution in [1.82, 2.24) is 10.2 Å². The third-order valence-electron chi connectivity index (χ3n) is 5.74. The second kappa shape index (κ2) is 6.49. The number of amides is 2. The van der Waals surface area contributed by atoms with E-state index in [0.29, 0.717) is 25.9 Å². The van der Waals surface area contributed by atoms with Gasteiger partial charge in [-0.3, -0.25) is 0 Å². The topological polar surface area (TPSA) is 41.6 Å². The van der Waals surface area contributed by atoms with Crippen LogP contribution < -0.4 is 5.32 Å². The lowest BCUT2D eigenvalue weighted by atomic mass is 9.80. The maximum absolute atomic E-state index is 12.9. The first kappa shape index (κ1) is 16.9. The van der Waals surface area contributed by atoms with E-state index in [0.717, 1.165) is 32.5 Å². The molecule has 0 bridgehead atoms. The standard InChI is InChI=1S/C16H25F3N2O2/c17-16(18,19)12-2-1-3-13(10-12)20-14(22)21-7-4-15(11-21)5-8-23-9-6-15/h12-13H,1-11H2,(H,20,22)/t12-,13+/m0/s1. The van der Waals surface area contributed by atoms with Crippen molar-refractivity contribution in [2.45, 2.75) is 57.2 Å². The third kappa shape index (κ3) is 3.92. The number of alkyl halides is 3. The molecular formula is C16H25F3N2O2. The lowest BCUT2D eigenvalue weighted by Crippen LogP contribution is -2.47. The highest BCUT2D eigenvalue weighted by Gasteiger charge is 2.44. The Hall–Kier alpha value is -0.980. The van der Waals surface area contributed by atoms with Gasteiger partial charge in [-0.25, -0.2) is 4.79 Å². The first-order valence-electron chi connectivity index (χ1n) is 8.58. The smallest absolute Gasteiger partial charge is 0.381 e. The van der Waals surface area contributed by atoms with Crippen molar-refractivity contribution in [3.05, 3.63) is 0 Å². The van der Waals surface area contributed by atoms with Crippen LogP contribution in [0.3, 0.4) is 0 Å². The molecule has 0 aromatic rings. The van der Waals surface area contributed by atoms with Gasteiger partial charge in [-0.05, 0) is 43.9 Å². The molecule has 4 nitrogen and oxygen atoms in total. The van der Waals surface area contributed by atoms with E-state index in [1.54, 1.807) is 4.90 Å². The van der Waals surface area contributed by atoms with E-state index >= 15 is 0 Å². The molecule has 1 N–H and O–H groups in total. The summed E-state index contributed by atoms with van der Waals surface area (Å²) in [6.45, 7) is 2.88. The maximum Gasteiger partial charge on any atom is 0.391 e. The molecule has 2 atom stereocenters. The van der Waals surface area contributed by atoms with Gasteiger partial charge in [0.25, 0.3) is 0 Å². The molecule has 2 heterocycles. The Labute approximate surface area is 134 Å². The first-order valence-corrected chi connectivity index (χ1v) is 8.58. The number of likely N-dealkylation sites (tertiary alicyclic amines) is 1. The van der Waals surface area contributed by atoms with Crippen LogP contribution in [0.1, 0.15) is 44.9 Å². The molecule has 0 aromatic heterocycles. The molecule has 2 amide bonds. The molecule has 2 saturated heterocycles. The van der Waals surface area contributed by atoms with E-state index in [2.05, 4.69) is 5.32 Å². The van der Waals surface area contributed by atoms with Crippen molar-refractivity contribution in [1.29, 1.82) is 0 Å². The number of carbonyl (C=O) groups is 1. The zero-order chi connectivity index (χ0) is 16.5. The molecule has 7 heteroatoms. The summed E-state index contributed by atoms with van der Waals surface area (Å²) in [5, 5.41) is 2.84. The Morgan fingerprint density at radius 2 is 1.91 bits per heavy atom. The average molecular weight is 334 g/mol. The molecule has 23 heavy (non-hydrogen) atoms. The first-order chi connectivity index (χ1) is 10.9. The number of urea groups is 1. The van der Waals surface area contributed by atoms with Gasteiger partial charge in [-0.15, -0.1) is 0 Å². The number of halogens is 3. The molecule has 1 saturated carbocycles. The molecule has 0 radical (unpaired) electrons. The number of ether oxygens (including phenoxy) is 1. The maximum atomic E-state index is 12.9. The Morgan fingerprint density at radius 3 is 2.61 bits per heavy atom. The lowest BCUT2D eigenvalue weighted by Gasteiger charge is -2.34. The van der Waals surface area contributed by atoms with Crippen molar-refractivity contribution in [2.75, 3.05) is 26.3 Å². The monoisotopic (exact) mass is 334 g/mol. The molecule has 3 rings (SSSR count). The Bertz CT molecular complexity index is 436. The number of hydrogen-bond acceptors (Lipinski definition) is 2. The van der Waals surface area contributed by atoms with Crippen LogP contribution in [-0.4, -0.2) is 49.5 Å². The van der Waals surface area contributed by atoms with Crippen LogP contribution in [0.15, 0.2) is 0 Å². The molecule has 2 aliphatic heterocycles. The van der Waals surface area contributed by atoms with Crippen molar-refractivity contribution in [3.8, 4) is 0 Å². The van der Waals surface area contributed by atoms with Gasteiger partial charge in [0, 0.05) is 32.3 Å². The quantitative estimate of drug-likeness (QED) is 0.799. The Morgan fingerprint density at radius 1 is 1.17 bits per heavy atom. The summed E-state index contributed by atoms with van der Waals surface area (Å²) >= 11 is 0. The molecule has 1 aliphatic carbocycles. The summed E-state index contributed by atoms with van der Waals surface area (Å²) in [4.78, 5) is 14.2. The summed E-state index contributed by atoms with van der Waals surface area (Å²) < 4.78 is 44.0. The van der Waals surface area contributed by atoms with Gasteiger partial charge in [0.1, 0.15) is 0 Å². The second-order valence-electron chi connectivity index (χ2n) is 7.34. The van der Waals surface area contributed by atoms with Crippen LogP contribution in [0.2, 0.25) is 0 Å². The van der Waals surface area contributed by atoms with Gasteiger partial charge in [-0.2, -0.15) is 13.2 Å². The fourth-order valence-electron chi connectivity index (χ4n) is 4.21. The van der Waals surface area contributed by atoms with Crippen LogP contribution in [0.25, 0.3) is 0 Å². The minimum absolute atomic E-state index is 0.0159. The van der Waals surface area contributed by atoms with Gasteiger partial charge < -0.3 is 15.0 Å². The lowest BCUT2D eigenvalue weighted by molar-refractivity contribution is -0.183. The van der Waals surface area contributed by atoms with Gasteiger partial charge >= 0.3 is 12.2 Å². The highest BCUT2D eigenvalue weighted by molar-refractivity contribution is 5.75. The van der Waals surface area contributed by atoms with Crippen LogP contribution in [-0.2, 0) is 4.74 Å². The van der Waals surface area contributed by atoms with Crippen LogP contribution in [0.5, 0.6) is 0 Å². The number of nitrogens with zero attached hydrogens (tertiary/aromatic N) is 1. The fraction of sp³-hybridized carbons (Fsp3) is 0.938. The minimum atomic E-state index is -4.15. The summed E-state index contributed by atoms with van der Waals surface area (Å²) in [6, 6.07) is -0.546. The van der Waals surface area contributed by atoms with E-state index in [-0.39, 0.29) is 30.3 Å². The van der Waals surface area contributed by atoms with E-state index in [1.807, 2.05) is 0 Å². The molecule has 0 unspecified atom stereocenters. The molecule has 1 spiro atoms. The van der Waals surface area contributed by atoms with Gasteiger partial charge in [0.15, 0.2) is 0 Å². The Balaban J connectivity index is 1.51. The summed E-state index contributed by atoms with van der Waals surface area (Å²) in [7, 11) is 0.